The highest BCUT2D eigenvalue weighted by Crippen LogP contribution is 2.18. The van der Waals surface area contributed by atoms with Crippen LogP contribution in [0, 0.1) is 0 Å². The number of nitrogens with one attached hydrogen (secondary N) is 2. The number of hydrogen-bond acceptors (Lipinski definition) is 4. The summed E-state index contributed by atoms with van der Waals surface area (Å²) in [7, 11) is -1.55. The second kappa shape index (κ2) is 10.8. The summed E-state index contributed by atoms with van der Waals surface area (Å²) in [5, 5.41) is 3.19. The lowest BCUT2D eigenvalue weighted by Gasteiger charge is -2.22. The zero-order chi connectivity index (χ0) is 22.1. The van der Waals surface area contributed by atoms with E-state index in [4.69, 9.17) is 0 Å². The van der Waals surface area contributed by atoms with Gasteiger partial charge in [0, 0.05) is 20.1 Å². The standard InChI is InChI=1S/C20H26F2N4O3S/c1-4-23-20(24-13-16-7-5-6-8-18(16)25-30(3,27)28)26(2)14-15-9-11-17(12-10-15)29-19(21)22/h5-12,19,25H,4,13-14H2,1-3H3,(H,23,24). The van der Waals surface area contributed by atoms with Crippen LogP contribution >= 0.6 is 0 Å². The second-order valence-corrected chi connectivity index (χ2v) is 8.33. The van der Waals surface area contributed by atoms with Crippen molar-refractivity contribution in [1.29, 1.82) is 0 Å². The van der Waals surface area contributed by atoms with Crippen LogP contribution in [0.15, 0.2) is 53.5 Å². The first kappa shape index (κ1) is 23.4. The number of hydrogen-bond donors (Lipinski definition) is 2. The van der Waals surface area contributed by atoms with Crippen molar-refractivity contribution in [2.24, 2.45) is 4.99 Å². The van der Waals surface area contributed by atoms with E-state index in [1.807, 2.05) is 31.0 Å². The summed E-state index contributed by atoms with van der Waals surface area (Å²) in [5.41, 5.74) is 2.11. The Labute approximate surface area is 175 Å². The lowest BCUT2D eigenvalue weighted by molar-refractivity contribution is -0.0498. The van der Waals surface area contributed by atoms with Crippen molar-refractivity contribution in [3.8, 4) is 5.75 Å². The number of para-hydroxylation sites is 1. The zero-order valence-electron chi connectivity index (χ0n) is 17.1. The van der Waals surface area contributed by atoms with Gasteiger partial charge in [0.15, 0.2) is 5.96 Å². The lowest BCUT2D eigenvalue weighted by Crippen LogP contribution is -2.38. The Kier molecular flexibility index (Phi) is 8.40. The highest BCUT2D eigenvalue weighted by Gasteiger charge is 2.10. The lowest BCUT2D eigenvalue weighted by atomic mass is 10.2. The topological polar surface area (TPSA) is 83.0 Å². The van der Waals surface area contributed by atoms with Crippen LogP contribution in [0.5, 0.6) is 5.75 Å². The van der Waals surface area contributed by atoms with Crippen LogP contribution in [0.2, 0.25) is 0 Å². The van der Waals surface area contributed by atoms with Crippen molar-refractivity contribution in [3.05, 3.63) is 59.7 Å². The van der Waals surface area contributed by atoms with Gasteiger partial charge in [-0.1, -0.05) is 30.3 Å². The average Bonchev–Trinajstić information content (AvgIpc) is 2.66. The van der Waals surface area contributed by atoms with Crippen LogP contribution in [0.3, 0.4) is 0 Å². The molecule has 0 saturated heterocycles. The van der Waals surface area contributed by atoms with Crippen LogP contribution in [0.4, 0.5) is 14.5 Å². The van der Waals surface area contributed by atoms with Crippen LogP contribution in [0.1, 0.15) is 18.1 Å². The Morgan fingerprint density at radius 3 is 2.43 bits per heavy atom. The molecule has 164 valence electrons. The Hall–Kier alpha value is -2.88. The molecule has 2 aromatic rings. The monoisotopic (exact) mass is 440 g/mol. The Balaban J connectivity index is 2.12. The van der Waals surface area contributed by atoms with E-state index in [2.05, 4.69) is 19.8 Å². The van der Waals surface area contributed by atoms with Gasteiger partial charge in [-0.2, -0.15) is 8.78 Å². The third kappa shape index (κ3) is 7.86. The third-order valence-electron chi connectivity index (χ3n) is 3.98. The van der Waals surface area contributed by atoms with Gasteiger partial charge in [0.05, 0.1) is 18.5 Å². The van der Waals surface area contributed by atoms with Gasteiger partial charge in [-0.3, -0.25) is 4.72 Å². The molecule has 0 aromatic heterocycles. The fourth-order valence-corrected chi connectivity index (χ4v) is 3.31. The minimum atomic E-state index is -3.40. The summed E-state index contributed by atoms with van der Waals surface area (Å²) in [6.07, 6.45) is 1.10. The predicted molar refractivity (Wildman–Crippen MR) is 114 cm³/mol. The number of sulfonamides is 1. The number of ether oxygens (including phenoxy) is 1. The molecule has 0 aliphatic carbocycles. The zero-order valence-corrected chi connectivity index (χ0v) is 17.9. The predicted octanol–water partition coefficient (Wildman–Crippen LogP) is 3.26. The summed E-state index contributed by atoms with van der Waals surface area (Å²) in [6, 6.07) is 13.5. The summed E-state index contributed by atoms with van der Waals surface area (Å²) in [6.45, 7) is 0.495. The van der Waals surface area contributed by atoms with Crippen LogP contribution < -0.4 is 14.8 Å². The highest BCUT2D eigenvalue weighted by atomic mass is 32.2. The first-order valence-corrected chi connectivity index (χ1v) is 11.2. The van der Waals surface area contributed by atoms with E-state index in [-0.39, 0.29) is 12.3 Å². The van der Waals surface area contributed by atoms with Gasteiger partial charge in [-0.15, -0.1) is 0 Å². The maximum Gasteiger partial charge on any atom is 0.387 e. The number of nitrogens with zero attached hydrogens (tertiary/aromatic N) is 2. The SMILES string of the molecule is CCNC(=NCc1ccccc1NS(C)(=O)=O)N(C)Cc1ccc(OC(F)F)cc1. The summed E-state index contributed by atoms with van der Waals surface area (Å²) in [5.74, 6) is 0.728. The molecule has 0 fully saturated rings. The van der Waals surface area contributed by atoms with E-state index < -0.39 is 16.6 Å². The minimum Gasteiger partial charge on any atom is -0.435 e. The smallest absolute Gasteiger partial charge is 0.387 e. The van der Waals surface area contributed by atoms with Crippen LogP contribution in [-0.2, 0) is 23.1 Å². The van der Waals surface area contributed by atoms with Gasteiger partial charge >= 0.3 is 6.61 Å². The van der Waals surface area contributed by atoms with Crippen molar-refractivity contribution in [1.82, 2.24) is 10.2 Å². The summed E-state index contributed by atoms with van der Waals surface area (Å²) < 4.78 is 54.5. The molecular weight excluding hydrogens is 414 g/mol. The molecule has 0 aliphatic heterocycles. The number of anilines is 1. The van der Waals surface area contributed by atoms with E-state index in [1.165, 1.54) is 12.1 Å². The van der Waals surface area contributed by atoms with Gasteiger partial charge in [0.1, 0.15) is 5.75 Å². The molecule has 0 radical (unpaired) electrons. The average molecular weight is 441 g/mol. The maximum atomic E-state index is 12.3. The van der Waals surface area contributed by atoms with E-state index in [0.29, 0.717) is 24.7 Å². The van der Waals surface area contributed by atoms with Crippen LogP contribution in [-0.4, -0.2) is 45.7 Å². The Morgan fingerprint density at radius 2 is 1.83 bits per heavy atom. The quantitative estimate of drug-likeness (QED) is 0.462. The van der Waals surface area contributed by atoms with Gasteiger partial charge in [0.2, 0.25) is 10.0 Å². The number of rotatable bonds is 9. The van der Waals surface area contributed by atoms with Crippen molar-refractivity contribution in [2.75, 3.05) is 24.6 Å². The van der Waals surface area contributed by atoms with Gasteiger partial charge in [-0.05, 0) is 36.2 Å². The van der Waals surface area contributed by atoms with Crippen molar-refractivity contribution >= 4 is 21.7 Å². The third-order valence-corrected chi connectivity index (χ3v) is 4.57. The molecule has 30 heavy (non-hydrogen) atoms. The molecule has 2 N–H and O–H groups in total. The van der Waals surface area contributed by atoms with Crippen LogP contribution in [0.25, 0.3) is 0 Å². The fourth-order valence-electron chi connectivity index (χ4n) is 2.71. The van der Waals surface area contributed by atoms with Gasteiger partial charge in [-0.25, -0.2) is 13.4 Å². The first-order valence-electron chi connectivity index (χ1n) is 9.27. The molecule has 0 bridgehead atoms. The Bertz CT molecular complexity index is 951. The molecule has 0 atom stereocenters. The van der Waals surface area contributed by atoms with E-state index in [1.54, 1.807) is 24.3 Å². The van der Waals surface area contributed by atoms with E-state index >= 15 is 0 Å². The molecule has 7 nitrogen and oxygen atoms in total. The number of alkyl halides is 2. The molecule has 0 heterocycles. The van der Waals surface area contributed by atoms with Gasteiger partial charge in [0.25, 0.3) is 0 Å². The number of halogens is 2. The molecular formula is C20H26F2N4O3S. The van der Waals surface area contributed by atoms with E-state index in [0.717, 1.165) is 17.4 Å². The number of guanidine groups is 1. The molecule has 2 aromatic carbocycles. The Morgan fingerprint density at radius 1 is 1.17 bits per heavy atom. The normalized spacial score (nSPS) is 12.0. The molecule has 0 spiro atoms. The van der Waals surface area contributed by atoms with Crippen molar-refractivity contribution in [2.45, 2.75) is 26.6 Å². The molecule has 0 aliphatic rings. The number of benzene rings is 2. The summed E-state index contributed by atoms with van der Waals surface area (Å²) in [4.78, 5) is 6.49. The molecule has 0 saturated carbocycles. The number of aliphatic imine (C=N–C) groups is 1. The molecule has 0 amide bonds. The summed E-state index contributed by atoms with van der Waals surface area (Å²) >= 11 is 0. The largest absolute Gasteiger partial charge is 0.435 e. The maximum absolute atomic E-state index is 12.3. The first-order chi connectivity index (χ1) is 14.2. The van der Waals surface area contributed by atoms with Gasteiger partial charge < -0.3 is 15.0 Å². The fraction of sp³-hybridized carbons (Fsp3) is 0.350. The molecule has 2 rings (SSSR count). The van der Waals surface area contributed by atoms with E-state index in [9.17, 15) is 17.2 Å². The molecule has 10 heteroatoms. The second-order valence-electron chi connectivity index (χ2n) is 6.58. The minimum absolute atomic E-state index is 0.104. The molecule has 0 unspecified atom stereocenters. The highest BCUT2D eigenvalue weighted by molar-refractivity contribution is 7.92. The van der Waals surface area contributed by atoms with Crippen molar-refractivity contribution in [3.63, 3.8) is 0 Å². The van der Waals surface area contributed by atoms with Crippen molar-refractivity contribution < 1.29 is 21.9 Å².